The lowest BCUT2D eigenvalue weighted by atomic mass is 10.1. The van der Waals surface area contributed by atoms with Gasteiger partial charge in [0, 0.05) is 56.1 Å². The van der Waals surface area contributed by atoms with E-state index in [4.69, 9.17) is 9.47 Å². The molecule has 9 nitrogen and oxygen atoms in total. The molecule has 1 aromatic carbocycles. The second kappa shape index (κ2) is 8.21. The van der Waals surface area contributed by atoms with Gasteiger partial charge in [0.1, 0.15) is 4.60 Å². The number of hydrogen-bond donors (Lipinski definition) is 1. The van der Waals surface area contributed by atoms with Gasteiger partial charge in [0.15, 0.2) is 0 Å². The molecule has 2 saturated heterocycles. The third-order valence-electron chi connectivity index (χ3n) is 5.43. The van der Waals surface area contributed by atoms with Crippen molar-refractivity contribution in [3.05, 3.63) is 47.5 Å². The molecule has 1 amide bonds. The van der Waals surface area contributed by atoms with Crippen molar-refractivity contribution < 1.29 is 14.3 Å². The fourth-order valence-corrected chi connectivity index (χ4v) is 4.09. The highest BCUT2D eigenvalue weighted by Crippen LogP contribution is 2.23. The van der Waals surface area contributed by atoms with E-state index >= 15 is 0 Å². The lowest BCUT2D eigenvalue weighted by Crippen LogP contribution is -2.56. The molecule has 0 atom stereocenters. The number of amides is 1. The van der Waals surface area contributed by atoms with E-state index in [0.717, 1.165) is 45.1 Å². The van der Waals surface area contributed by atoms with Crippen LogP contribution in [-0.4, -0.2) is 70.8 Å². The van der Waals surface area contributed by atoms with Crippen molar-refractivity contribution in [1.29, 1.82) is 0 Å². The van der Waals surface area contributed by atoms with Gasteiger partial charge in [-0.2, -0.15) is 0 Å². The summed E-state index contributed by atoms with van der Waals surface area (Å²) in [7, 11) is 0. The first-order valence-corrected chi connectivity index (χ1v) is 10.6. The molecule has 2 aliphatic rings. The molecule has 2 aliphatic heterocycles. The lowest BCUT2D eigenvalue weighted by molar-refractivity contribution is -0.0660. The SMILES string of the molecule is O=C(Nc1ccc(N2CCN(C3COC3)CC2)cc1)Oc1nc(Br)cn2ccnc12. The molecular weight excluding hydrogens is 452 g/mol. The summed E-state index contributed by atoms with van der Waals surface area (Å²) in [5, 5.41) is 2.74. The molecule has 156 valence electrons. The zero-order valence-corrected chi connectivity index (χ0v) is 17.8. The Morgan fingerprint density at radius 1 is 1.17 bits per heavy atom. The van der Waals surface area contributed by atoms with Gasteiger partial charge in [0.05, 0.1) is 19.3 Å². The van der Waals surface area contributed by atoms with Crippen LogP contribution in [0.1, 0.15) is 0 Å². The van der Waals surface area contributed by atoms with Gasteiger partial charge in [-0.15, -0.1) is 0 Å². The molecule has 4 heterocycles. The second-order valence-electron chi connectivity index (χ2n) is 7.30. The minimum Gasteiger partial charge on any atom is -0.387 e. The van der Waals surface area contributed by atoms with Crippen molar-refractivity contribution in [3.63, 3.8) is 0 Å². The van der Waals surface area contributed by atoms with Crippen LogP contribution >= 0.6 is 15.9 Å². The number of benzene rings is 1. The normalized spacial score (nSPS) is 17.7. The van der Waals surface area contributed by atoms with Crippen LogP contribution in [0.4, 0.5) is 16.2 Å². The number of nitrogens with zero attached hydrogens (tertiary/aromatic N) is 5. The summed E-state index contributed by atoms with van der Waals surface area (Å²) in [5.74, 6) is 0.137. The van der Waals surface area contributed by atoms with Crippen LogP contribution in [0.15, 0.2) is 47.5 Å². The molecule has 0 unspecified atom stereocenters. The average molecular weight is 473 g/mol. The van der Waals surface area contributed by atoms with Crippen LogP contribution in [0.3, 0.4) is 0 Å². The summed E-state index contributed by atoms with van der Waals surface area (Å²) in [6.07, 6.45) is 4.50. The Morgan fingerprint density at radius 2 is 1.93 bits per heavy atom. The molecule has 30 heavy (non-hydrogen) atoms. The van der Waals surface area contributed by atoms with Crippen LogP contribution in [0.2, 0.25) is 0 Å². The first kappa shape index (κ1) is 19.3. The zero-order valence-electron chi connectivity index (χ0n) is 16.2. The number of rotatable bonds is 4. The van der Waals surface area contributed by atoms with Crippen LogP contribution in [0.25, 0.3) is 5.65 Å². The van der Waals surface area contributed by atoms with Crippen molar-refractivity contribution >= 4 is 39.0 Å². The van der Waals surface area contributed by atoms with Crippen LogP contribution in [0, 0.1) is 0 Å². The van der Waals surface area contributed by atoms with Gasteiger partial charge >= 0.3 is 6.09 Å². The molecule has 0 spiro atoms. The van der Waals surface area contributed by atoms with E-state index in [1.807, 2.05) is 24.3 Å². The first-order valence-electron chi connectivity index (χ1n) is 9.80. The van der Waals surface area contributed by atoms with Crippen molar-refractivity contribution in [3.8, 4) is 5.88 Å². The number of carbonyl (C=O) groups is 1. The van der Waals surface area contributed by atoms with Crippen LogP contribution in [-0.2, 0) is 4.74 Å². The number of imidazole rings is 1. The van der Waals surface area contributed by atoms with Crippen LogP contribution < -0.4 is 15.0 Å². The maximum Gasteiger partial charge on any atom is 0.418 e. The third kappa shape index (κ3) is 3.98. The maximum atomic E-state index is 12.3. The molecule has 5 rings (SSSR count). The Morgan fingerprint density at radius 3 is 2.63 bits per heavy atom. The summed E-state index contributed by atoms with van der Waals surface area (Å²) in [6, 6.07) is 8.38. The largest absolute Gasteiger partial charge is 0.418 e. The maximum absolute atomic E-state index is 12.3. The lowest BCUT2D eigenvalue weighted by Gasteiger charge is -2.43. The van der Waals surface area contributed by atoms with Gasteiger partial charge in [0.25, 0.3) is 5.88 Å². The number of nitrogens with one attached hydrogen (secondary N) is 1. The minimum atomic E-state index is -0.616. The van der Waals surface area contributed by atoms with Gasteiger partial charge < -0.3 is 14.4 Å². The summed E-state index contributed by atoms with van der Waals surface area (Å²) >= 11 is 3.30. The predicted octanol–water partition coefficient (Wildman–Crippen LogP) is 2.62. The van der Waals surface area contributed by atoms with E-state index in [9.17, 15) is 4.79 Å². The number of hydrogen-bond acceptors (Lipinski definition) is 7. The zero-order chi connectivity index (χ0) is 20.5. The Hall–Kier alpha value is -2.69. The quantitative estimate of drug-likeness (QED) is 0.624. The van der Waals surface area contributed by atoms with Crippen LogP contribution in [0.5, 0.6) is 5.88 Å². The van der Waals surface area contributed by atoms with Gasteiger partial charge in [-0.25, -0.2) is 14.8 Å². The summed E-state index contributed by atoms with van der Waals surface area (Å²) in [6.45, 7) is 5.78. The van der Waals surface area contributed by atoms with E-state index in [0.29, 0.717) is 22.0 Å². The van der Waals surface area contributed by atoms with E-state index in [1.54, 1.807) is 23.0 Å². The summed E-state index contributed by atoms with van der Waals surface area (Å²) < 4.78 is 12.9. The monoisotopic (exact) mass is 472 g/mol. The predicted molar refractivity (Wildman–Crippen MR) is 115 cm³/mol. The second-order valence-corrected chi connectivity index (χ2v) is 8.12. The van der Waals surface area contributed by atoms with E-state index in [2.05, 4.69) is 41.0 Å². The van der Waals surface area contributed by atoms with Gasteiger partial charge in [-0.05, 0) is 40.2 Å². The number of halogens is 1. The van der Waals surface area contributed by atoms with Crippen molar-refractivity contribution in [2.45, 2.75) is 6.04 Å². The van der Waals surface area contributed by atoms with E-state index in [-0.39, 0.29) is 5.88 Å². The number of aromatic nitrogens is 3. The Kier molecular flexibility index (Phi) is 5.28. The van der Waals surface area contributed by atoms with Gasteiger partial charge in [-0.3, -0.25) is 14.6 Å². The Labute approximate surface area is 181 Å². The Bertz CT molecular complexity index is 1040. The van der Waals surface area contributed by atoms with Crippen molar-refractivity contribution in [2.24, 2.45) is 0 Å². The smallest absolute Gasteiger partial charge is 0.387 e. The minimum absolute atomic E-state index is 0.137. The molecule has 10 heteroatoms. The Balaban J connectivity index is 1.19. The number of piperazine rings is 1. The molecule has 0 radical (unpaired) electrons. The fraction of sp³-hybridized carbons (Fsp3) is 0.350. The summed E-state index contributed by atoms with van der Waals surface area (Å²) in [5.41, 5.74) is 2.27. The molecule has 3 aromatic rings. The molecule has 0 bridgehead atoms. The highest BCUT2D eigenvalue weighted by atomic mass is 79.9. The molecule has 0 aliphatic carbocycles. The molecular formula is C20H21BrN6O3. The van der Waals surface area contributed by atoms with Gasteiger partial charge in [0.2, 0.25) is 5.65 Å². The number of carbonyl (C=O) groups excluding carboxylic acids is 1. The molecule has 0 saturated carbocycles. The van der Waals surface area contributed by atoms with E-state index < -0.39 is 6.09 Å². The molecule has 2 aromatic heterocycles. The average Bonchev–Trinajstić information content (AvgIpc) is 3.16. The highest BCUT2D eigenvalue weighted by Gasteiger charge is 2.28. The van der Waals surface area contributed by atoms with E-state index in [1.165, 1.54) is 0 Å². The fourth-order valence-electron chi connectivity index (χ4n) is 3.71. The number of ether oxygens (including phenoxy) is 2. The first-order chi connectivity index (χ1) is 14.7. The standard InChI is InChI=1S/C20H21BrN6O3/c21-17-11-27-6-5-22-18(27)19(24-17)30-20(28)23-14-1-3-15(4-2-14)25-7-9-26(10-8-25)16-12-29-13-16/h1-6,11,16H,7-10,12-13H2,(H,23,28). The summed E-state index contributed by atoms with van der Waals surface area (Å²) in [4.78, 5) is 25.5. The van der Waals surface area contributed by atoms with Crippen molar-refractivity contribution in [2.75, 3.05) is 49.6 Å². The van der Waals surface area contributed by atoms with Crippen molar-refractivity contribution in [1.82, 2.24) is 19.3 Å². The van der Waals surface area contributed by atoms with Gasteiger partial charge in [-0.1, -0.05) is 0 Å². The number of fused-ring (bicyclic) bond motifs is 1. The topological polar surface area (TPSA) is 84.2 Å². The third-order valence-corrected chi connectivity index (χ3v) is 5.82. The molecule has 1 N–H and O–H groups in total. The molecule has 2 fully saturated rings. The highest BCUT2D eigenvalue weighted by molar-refractivity contribution is 9.10. The number of anilines is 2.